The van der Waals surface area contributed by atoms with Gasteiger partial charge in [0, 0.05) is 29.5 Å². The molecule has 4 rings (SSSR count). The van der Waals surface area contributed by atoms with Gasteiger partial charge in [-0.1, -0.05) is 41.9 Å². The molecule has 0 bridgehead atoms. The number of rotatable bonds is 7. The Morgan fingerprint density at radius 1 is 1.06 bits per heavy atom. The maximum absolute atomic E-state index is 12.4. The third-order valence-corrected chi connectivity index (χ3v) is 6.16. The average Bonchev–Trinajstić information content (AvgIpc) is 2.79. The van der Waals surface area contributed by atoms with Crippen molar-refractivity contribution < 1.29 is 9.72 Å². The molecule has 0 saturated carbocycles. The lowest BCUT2D eigenvalue weighted by Crippen LogP contribution is -2.12. The van der Waals surface area contributed by atoms with Gasteiger partial charge in [-0.15, -0.1) is 11.8 Å². The van der Waals surface area contributed by atoms with Gasteiger partial charge < -0.3 is 5.32 Å². The fraction of sp³-hybridized carbons (Fsp3) is 0.0870. The molecule has 0 unspecified atom stereocenters. The van der Waals surface area contributed by atoms with Crippen LogP contribution in [0.2, 0.25) is 5.02 Å². The van der Waals surface area contributed by atoms with Gasteiger partial charge in [0.05, 0.1) is 32.9 Å². The smallest absolute Gasteiger partial charge is 0.284 e. The van der Waals surface area contributed by atoms with E-state index in [2.05, 4.69) is 15.3 Å². The van der Waals surface area contributed by atoms with Crippen molar-refractivity contribution in [3.8, 4) is 11.3 Å². The summed E-state index contributed by atoms with van der Waals surface area (Å²) < 4.78 is 0. The van der Waals surface area contributed by atoms with Gasteiger partial charge in [0.2, 0.25) is 5.91 Å². The number of hydrogen-bond donors (Lipinski definition) is 1. The molecule has 3 aromatic carbocycles. The number of thioether (sulfide) groups is 1. The Labute approximate surface area is 193 Å². The molecule has 1 aromatic heterocycles. The SMILES string of the molecule is O=C(CCSc1c(Cl)cccc1[N+](=O)[O-])Nc1cccc(-c2cnc3ccccc3n2)c1. The molecule has 0 aliphatic rings. The molecule has 32 heavy (non-hydrogen) atoms. The zero-order valence-corrected chi connectivity index (χ0v) is 18.3. The van der Waals surface area contributed by atoms with Crippen LogP contribution in [0.5, 0.6) is 0 Å². The first-order valence-corrected chi connectivity index (χ1v) is 11.1. The molecule has 0 saturated heterocycles. The molecular weight excluding hydrogens is 448 g/mol. The number of nitrogens with zero attached hydrogens (tertiary/aromatic N) is 3. The van der Waals surface area contributed by atoms with Crippen molar-refractivity contribution in [2.45, 2.75) is 11.3 Å². The first kappa shape index (κ1) is 21.7. The van der Waals surface area contributed by atoms with E-state index in [9.17, 15) is 14.9 Å². The van der Waals surface area contributed by atoms with Crippen LogP contribution < -0.4 is 5.32 Å². The molecule has 7 nitrogen and oxygen atoms in total. The van der Waals surface area contributed by atoms with Gasteiger partial charge in [-0.3, -0.25) is 19.9 Å². The number of nitrogens with one attached hydrogen (secondary N) is 1. The number of carbonyl (C=O) groups is 1. The van der Waals surface area contributed by atoms with Gasteiger partial charge in [0.1, 0.15) is 4.90 Å². The van der Waals surface area contributed by atoms with Crippen LogP contribution in [-0.4, -0.2) is 26.6 Å². The Morgan fingerprint density at radius 2 is 1.84 bits per heavy atom. The van der Waals surface area contributed by atoms with E-state index in [0.717, 1.165) is 16.6 Å². The monoisotopic (exact) mass is 464 g/mol. The zero-order valence-electron chi connectivity index (χ0n) is 16.7. The van der Waals surface area contributed by atoms with Gasteiger partial charge in [0.25, 0.3) is 5.69 Å². The summed E-state index contributed by atoms with van der Waals surface area (Å²) in [6, 6.07) is 19.5. The average molecular weight is 465 g/mol. The molecule has 4 aromatic rings. The number of aromatic nitrogens is 2. The largest absolute Gasteiger partial charge is 0.326 e. The second kappa shape index (κ2) is 9.76. The third kappa shape index (κ3) is 5.04. The van der Waals surface area contributed by atoms with Crippen molar-refractivity contribution in [3.05, 3.63) is 88.1 Å². The third-order valence-electron chi connectivity index (χ3n) is 4.61. The summed E-state index contributed by atoms with van der Waals surface area (Å²) >= 11 is 7.28. The first-order chi connectivity index (χ1) is 15.5. The van der Waals surface area contributed by atoms with E-state index in [1.165, 1.54) is 23.9 Å². The molecule has 1 amide bonds. The van der Waals surface area contributed by atoms with Crippen LogP contribution in [0.15, 0.2) is 77.8 Å². The van der Waals surface area contributed by atoms with Crippen molar-refractivity contribution >= 4 is 51.7 Å². The maximum atomic E-state index is 12.4. The quantitative estimate of drug-likeness (QED) is 0.205. The molecule has 0 aliphatic heterocycles. The van der Waals surface area contributed by atoms with Crippen LogP contribution in [0.3, 0.4) is 0 Å². The number of carbonyl (C=O) groups excluding carboxylic acids is 1. The fourth-order valence-electron chi connectivity index (χ4n) is 3.11. The summed E-state index contributed by atoms with van der Waals surface area (Å²) in [5.74, 6) is 0.153. The lowest BCUT2D eigenvalue weighted by atomic mass is 10.1. The lowest BCUT2D eigenvalue weighted by molar-refractivity contribution is -0.387. The number of hydrogen-bond acceptors (Lipinski definition) is 6. The first-order valence-electron chi connectivity index (χ1n) is 9.69. The molecule has 0 spiro atoms. The number of anilines is 1. The molecule has 160 valence electrons. The van der Waals surface area contributed by atoms with Crippen LogP contribution in [0.1, 0.15) is 6.42 Å². The van der Waals surface area contributed by atoms with Gasteiger partial charge in [-0.05, 0) is 30.3 Å². The molecule has 9 heteroatoms. The summed E-state index contributed by atoms with van der Waals surface area (Å²) in [5.41, 5.74) is 3.73. The maximum Gasteiger partial charge on any atom is 0.284 e. The zero-order chi connectivity index (χ0) is 22.5. The van der Waals surface area contributed by atoms with Crippen LogP contribution >= 0.6 is 23.4 Å². The molecule has 1 N–H and O–H groups in total. The number of halogens is 1. The van der Waals surface area contributed by atoms with Crippen LogP contribution in [0, 0.1) is 10.1 Å². The topological polar surface area (TPSA) is 98.0 Å². The molecule has 0 atom stereocenters. The van der Waals surface area contributed by atoms with Crippen molar-refractivity contribution in [1.29, 1.82) is 0 Å². The van der Waals surface area contributed by atoms with Gasteiger partial charge in [0.15, 0.2) is 0 Å². The summed E-state index contributed by atoms with van der Waals surface area (Å²) in [6.07, 6.45) is 1.88. The molecule has 1 heterocycles. The highest BCUT2D eigenvalue weighted by Crippen LogP contribution is 2.35. The highest BCUT2D eigenvalue weighted by atomic mass is 35.5. The standard InChI is InChI=1S/C23H17ClN4O3S/c24-17-7-4-10-21(28(30)31)23(17)32-12-11-22(29)26-16-6-3-5-15(13-16)20-14-25-18-8-1-2-9-19(18)27-20/h1-10,13-14H,11-12H2,(H,26,29). The Kier molecular flexibility index (Phi) is 6.63. The lowest BCUT2D eigenvalue weighted by Gasteiger charge is -2.08. The number of nitro groups is 1. The summed E-state index contributed by atoms with van der Waals surface area (Å²) in [6.45, 7) is 0. The number of nitro benzene ring substituents is 1. The second-order valence-electron chi connectivity index (χ2n) is 6.82. The van der Waals surface area contributed by atoms with Gasteiger partial charge >= 0.3 is 0 Å². The molecule has 0 aliphatic carbocycles. The van der Waals surface area contributed by atoms with Crippen LogP contribution in [0.25, 0.3) is 22.3 Å². The number of benzene rings is 3. The van der Waals surface area contributed by atoms with E-state index in [1.54, 1.807) is 18.3 Å². The van der Waals surface area contributed by atoms with Gasteiger partial charge in [-0.2, -0.15) is 0 Å². The Bertz CT molecular complexity index is 1320. The highest BCUT2D eigenvalue weighted by molar-refractivity contribution is 7.99. The van der Waals surface area contributed by atoms with Crippen LogP contribution in [0.4, 0.5) is 11.4 Å². The molecule has 0 radical (unpaired) electrons. The van der Waals surface area contributed by atoms with Crippen molar-refractivity contribution in [1.82, 2.24) is 9.97 Å². The number of fused-ring (bicyclic) bond motifs is 1. The highest BCUT2D eigenvalue weighted by Gasteiger charge is 2.17. The van der Waals surface area contributed by atoms with Gasteiger partial charge in [-0.25, -0.2) is 4.98 Å². The van der Waals surface area contributed by atoms with E-state index >= 15 is 0 Å². The molecule has 0 fully saturated rings. The van der Waals surface area contributed by atoms with E-state index in [1.807, 2.05) is 42.5 Å². The predicted molar refractivity (Wildman–Crippen MR) is 127 cm³/mol. The normalized spacial score (nSPS) is 10.8. The summed E-state index contributed by atoms with van der Waals surface area (Å²) in [5, 5.41) is 14.3. The van der Waals surface area contributed by atoms with E-state index in [-0.39, 0.29) is 18.0 Å². The van der Waals surface area contributed by atoms with Crippen molar-refractivity contribution in [3.63, 3.8) is 0 Å². The summed E-state index contributed by atoms with van der Waals surface area (Å²) in [4.78, 5) is 32.5. The Hall–Kier alpha value is -3.49. The Balaban J connectivity index is 1.41. The second-order valence-corrected chi connectivity index (χ2v) is 8.33. The van der Waals surface area contributed by atoms with E-state index in [4.69, 9.17) is 11.6 Å². The fourth-order valence-corrected chi connectivity index (χ4v) is 4.43. The molecular formula is C23H17ClN4O3S. The van der Waals surface area contributed by atoms with E-state index in [0.29, 0.717) is 27.1 Å². The summed E-state index contributed by atoms with van der Waals surface area (Å²) in [7, 11) is 0. The minimum atomic E-state index is -0.477. The minimum absolute atomic E-state index is 0.0629. The number of para-hydroxylation sites is 2. The number of amides is 1. The van der Waals surface area contributed by atoms with E-state index < -0.39 is 4.92 Å². The minimum Gasteiger partial charge on any atom is -0.326 e. The Morgan fingerprint density at radius 3 is 2.66 bits per heavy atom. The predicted octanol–water partition coefficient (Wildman–Crippen LogP) is 5.98. The van der Waals surface area contributed by atoms with Crippen molar-refractivity contribution in [2.24, 2.45) is 0 Å². The van der Waals surface area contributed by atoms with Crippen LogP contribution in [-0.2, 0) is 4.79 Å². The van der Waals surface area contributed by atoms with Crippen molar-refractivity contribution in [2.75, 3.05) is 11.1 Å².